The third-order valence-corrected chi connectivity index (χ3v) is 4.48. The van der Waals surface area contributed by atoms with Gasteiger partial charge in [-0.2, -0.15) is 13.2 Å². The van der Waals surface area contributed by atoms with Gasteiger partial charge >= 0.3 is 12.1 Å². The predicted octanol–water partition coefficient (Wildman–Crippen LogP) is 4.16. The highest BCUT2D eigenvalue weighted by Crippen LogP contribution is 2.41. The van der Waals surface area contributed by atoms with Crippen LogP contribution in [0.1, 0.15) is 25.3 Å². The average molecular weight is 366 g/mol. The van der Waals surface area contributed by atoms with Gasteiger partial charge in [-0.05, 0) is 38.0 Å². The van der Waals surface area contributed by atoms with E-state index in [1.165, 1.54) is 12.1 Å². The molecule has 1 N–H and O–H groups in total. The number of anilines is 1. The van der Waals surface area contributed by atoms with Gasteiger partial charge in [-0.25, -0.2) is 0 Å². The Bertz CT molecular complexity index is 552. The molecule has 0 saturated carbocycles. The summed E-state index contributed by atoms with van der Waals surface area (Å²) in [5.74, 6) is -0.896. The highest BCUT2D eigenvalue weighted by molar-refractivity contribution is 9.10. The lowest BCUT2D eigenvalue weighted by molar-refractivity contribution is -0.149. The minimum absolute atomic E-state index is 0.101. The first-order valence-corrected chi connectivity index (χ1v) is 7.28. The van der Waals surface area contributed by atoms with Gasteiger partial charge < -0.3 is 10.0 Å². The molecule has 3 nitrogen and oxygen atoms in total. The molecule has 7 heteroatoms. The average Bonchev–Trinajstić information content (AvgIpc) is 2.38. The summed E-state index contributed by atoms with van der Waals surface area (Å²) in [7, 11) is 0. The maximum atomic E-state index is 13.1. The summed E-state index contributed by atoms with van der Waals surface area (Å²) in [6.45, 7) is 2.23. The van der Waals surface area contributed by atoms with Gasteiger partial charge in [0.1, 0.15) is 0 Å². The number of carboxylic acids is 1. The second-order valence-corrected chi connectivity index (χ2v) is 6.43. The monoisotopic (exact) mass is 365 g/mol. The maximum Gasteiger partial charge on any atom is 0.418 e. The molecule has 0 bridgehead atoms. The van der Waals surface area contributed by atoms with E-state index >= 15 is 0 Å². The Morgan fingerprint density at radius 3 is 2.38 bits per heavy atom. The van der Waals surface area contributed by atoms with Crippen molar-refractivity contribution in [3.05, 3.63) is 28.2 Å². The molecule has 1 aliphatic heterocycles. The molecule has 2 rings (SSSR count). The van der Waals surface area contributed by atoms with Gasteiger partial charge in [0, 0.05) is 17.6 Å². The van der Waals surface area contributed by atoms with Crippen LogP contribution < -0.4 is 4.90 Å². The minimum Gasteiger partial charge on any atom is -0.481 e. The van der Waals surface area contributed by atoms with Crippen LogP contribution in [0.4, 0.5) is 18.9 Å². The molecule has 0 unspecified atom stereocenters. The summed E-state index contributed by atoms with van der Waals surface area (Å²) >= 11 is 3.19. The Morgan fingerprint density at radius 1 is 1.33 bits per heavy atom. The molecule has 0 atom stereocenters. The van der Waals surface area contributed by atoms with Crippen LogP contribution in [0.2, 0.25) is 0 Å². The lowest BCUT2D eigenvalue weighted by Crippen LogP contribution is -2.43. The van der Waals surface area contributed by atoms with Gasteiger partial charge in [-0.15, -0.1) is 0 Å². The van der Waals surface area contributed by atoms with E-state index in [4.69, 9.17) is 0 Å². The first kappa shape index (κ1) is 16.1. The third kappa shape index (κ3) is 3.33. The highest BCUT2D eigenvalue weighted by Gasteiger charge is 2.40. The SMILES string of the molecule is CC1(C(=O)O)CCN(c2cc(Br)ccc2C(F)(F)F)CC1. The molecule has 1 aliphatic rings. The van der Waals surface area contributed by atoms with E-state index in [0.717, 1.165) is 6.07 Å². The Labute approximate surface area is 128 Å². The normalized spacial score (nSPS) is 18.6. The van der Waals surface area contributed by atoms with E-state index in [1.807, 2.05) is 0 Å². The number of halogens is 4. The number of rotatable bonds is 2. The highest BCUT2D eigenvalue weighted by atomic mass is 79.9. The largest absolute Gasteiger partial charge is 0.481 e. The lowest BCUT2D eigenvalue weighted by Gasteiger charge is -2.38. The minimum atomic E-state index is -4.43. The summed E-state index contributed by atoms with van der Waals surface area (Å²) in [5, 5.41) is 9.18. The first-order chi connectivity index (χ1) is 9.63. The molecule has 0 aromatic heterocycles. The number of benzene rings is 1. The van der Waals surface area contributed by atoms with Crippen LogP contribution in [0.3, 0.4) is 0 Å². The smallest absolute Gasteiger partial charge is 0.418 e. The number of piperidine rings is 1. The van der Waals surface area contributed by atoms with Gasteiger partial charge in [-0.1, -0.05) is 15.9 Å². The number of carboxylic acid groups (broad SMARTS) is 1. The zero-order valence-corrected chi connectivity index (χ0v) is 13.0. The number of nitrogens with zero attached hydrogens (tertiary/aromatic N) is 1. The fourth-order valence-corrected chi connectivity index (χ4v) is 2.81. The summed E-state index contributed by atoms with van der Waals surface area (Å²) in [4.78, 5) is 12.8. The number of hydrogen-bond acceptors (Lipinski definition) is 2. The van der Waals surface area contributed by atoms with Crippen molar-refractivity contribution in [2.75, 3.05) is 18.0 Å². The molecular weight excluding hydrogens is 351 g/mol. The van der Waals surface area contributed by atoms with Crippen molar-refractivity contribution in [1.29, 1.82) is 0 Å². The van der Waals surface area contributed by atoms with Crippen LogP contribution in [0.25, 0.3) is 0 Å². The van der Waals surface area contributed by atoms with Gasteiger partial charge in [0.15, 0.2) is 0 Å². The Balaban J connectivity index is 2.28. The number of carbonyl (C=O) groups is 1. The van der Waals surface area contributed by atoms with Gasteiger partial charge in [0.05, 0.1) is 16.7 Å². The van der Waals surface area contributed by atoms with Crippen LogP contribution >= 0.6 is 15.9 Å². The molecule has 1 fully saturated rings. The van der Waals surface area contributed by atoms with E-state index in [0.29, 0.717) is 30.4 Å². The molecule has 1 aromatic carbocycles. The molecule has 1 aromatic rings. The Morgan fingerprint density at radius 2 is 1.90 bits per heavy atom. The second kappa shape index (κ2) is 5.51. The van der Waals surface area contributed by atoms with E-state index in [1.54, 1.807) is 11.8 Å². The summed E-state index contributed by atoms with van der Waals surface area (Å²) in [5.41, 5.74) is -1.45. The van der Waals surface area contributed by atoms with Crippen molar-refractivity contribution in [2.24, 2.45) is 5.41 Å². The van der Waals surface area contributed by atoms with E-state index in [9.17, 15) is 23.1 Å². The van der Waals surface area contributed by atoms with E-state index in [-0.39, 0.29) is 5.69 Å². The van der Waals surface area contributed by atoms with Crippen molar-refractivity contribution in [3.8, 4) is 0 Å². The van der Waals surface area contributed by atoms with Gasteiger partial charge in [0.25, 0.3) is 0 Å². The fraction of sp³-hybridized carbons (Fsp3) is 0.500. The number of alkyl halides is 3. The summed E-state index contributed by atoms with van der Waals surface area (Å²) in [6.07, 6.45) is -3.78. The Hall–Kier alpha value is -1.24. The van der Waals surface area contributed by atoms with E-state index < -0.39 is 23.1 Å². The molecule has 1 heterocycles. The van der Waals surface area contributed by atoms with Crippen molar-refractivity contribution in [1.82, 2.24) is 0 Å². The molecule has 116 valence electrons. The molecule has 0 spiro atoms. The number of hydrogen-bond donors (Lipinski definition) is 1. The Kier molecular flexibility index (Phi) is 4.24. The summed E-state index contributed by atoms with van der Waals surface area (Å²) < 4.78 is 39.8. The second-order valence-electron chi connectivity index (χ2n) is 5.51. The fourth-order valence-electron chi connectivity index (χ4n) is 2.46. The third-order valence-electron chi connectivity index (χ3n) is 3.99. The predicted molar refractivity (Wildman–Crippen MR) is 76.3 cm³/mol. The van der Waals surface area contributed by atoms with Gasteiger partial charge in [0.2, 0.25) is 0 Å². The topological polar surface area (TPSA) is 40.5 Å². The standard InChI is InChI=1S/C14H15BrF3NO2/c1-13(12(20)21)4-6-19(7-5-13)11-8-9(15)2-3-10(11)14(16,17)18/h2-3,8H,4-7H2,1H3,(H,20,21). The molecule has 0 radical (unpaired) electrons. The maximum absolute atomic E-state index is 13.1. The van der Waals surface area contributed by atoms with Gasteiger partial charge in [-0.3, -0.25) is 4.79 Å². The van der Waals surface area contributed by atoms with Crippen LogP contribution in [0.15, 0.2) is 22.7 Å². The van der Waals surface area contributed by atoms with Crippen LogP contribution in [-0.2, 0) is 11.0 Å². The van der Waals surface area contributed by atoms with Crippen LogP contribution in [-0.4, -0.2) is 24.2 Å². The quantitative estimate of drug-likeness (QED) is 0.855. The zero-order chi connectivity index (χ0) is 15.8. The zero-order valence-electron chi connectivity index (χ0n) is 11.4. The van der Waals surface area contributed by atoms with Crippen LogP contribution in [0.5, 0.6) is 0 Å². The van der Waals surface area contributed by atoms with E-state index in [2.05, 4.69) is 15.9 Å². The number of aliphatic carboxylic acids is 1. The summed E-state index contributed by atoms with van der Waals surface area (Å²) in [6, 6.07) is 3.84. The molecular formula is C14H15BrF3NO2. The lowest BCUT2D eigenvalue weighted by atomic mass is 9.80. The first-order valence-electron chi connectivity index (χ1n) is 6.48. The van der Waals surface area contributed by atoms with Crippen molar-refractivity contribution < 1.29 is 23.1 Å². The van der Waals surface area contributed by atoms with Crippen molar-refractivity contribution >= 4 is 27.6 Å². The molecule has 21 heavy (non-hydrogen) atoms. The molecule has 0 amide bonds. The molecule has 0 aliphatic carbocycles. The van der Waals surface area contributed by atoms with Crippen LogP contribution in [0, 0.1) is 5.41 Å². The van der Waals surface area contributed by atoms with Crippen molar-refractivity contribution in [3.63, 3.8) is 0 Å². The molecule has 1 saturated heterocycles. The van der Waals surface area contributed by atoms with Crippen molar-refractivity contribution in [2.45, 2.75) is 25.9 Å².